The Morgan fingerprint density at radius 3 is 1.86 bits per heavy atom. The van der Waals surface area contributed by atoms with Gasteiger partial charge in [-0.2, -0.15) is 8.78 Å². The minimum Gasteiger partial charge on any atom is -0.429 e. The molecule has 0 fully saturated rings. The Balaban J connectivity index is 1.43. The van der Waals surface area contributed by atoms with E-state index < -0.39 is 69.0 Å². The lowest BCUT2D eigenvalue weighted by atomic mass is 9.96. The lowest BCUT2D eigenvalue weighted by molar-refractivity contribution is -0.189. The largest absolute Gasteiger partial charge is 0.432 e. The van der Waals surface area contributed by atoms with Gasteiger partial charge in [0.1, 0.15) is 46.2 Å². The fourth-order valence-corrected chi connectivity index (χ4v) is 5.48. The van der Waals surface area contributed by atoms with Crippen LogP contribution in [0.2, 0.25) is 0 Å². The molecule has 0 aliphatic heterocycles. The number of fused-ring (bicyclic) bond motifs is 1. The van der Waals surface area contributed by atoms with E-state index in [4.69, 9.17) is 0 Å². The van der Waals surface area contributed by atoms with Gasteiger partial charge in [-0.3, -0.25) is 0 Å². The summed E-state index contributed by atoms with van der Waals surface area (Å²) in [6, 6.07) is 9.19. The van der Waals surface area contributed by atoms with Gasteiger partial charge in [-0.25, -0.2) is 26.3 Å². The summed E-state index contributed by atoms with van der Waals surface area (Å²) in [6.45, 7) is 3.19. The van der Waals surface area contributed by atoms with E-state index >= 15 is 8.78 Å². The predicted molar refractivity (Wildman–Crippen MR) is 143 cm³/mol. The van der Waals surface area contributed by atoms with Crippen LogP contribution in [0.5, 0.6) is 5.75 Å². The van der Waals surface area contributed by atoms with E-state index in [-0.39, 0.29) is 5.56 Å². The van der Waals surface area contributed by atoms with E-state index in [1.54, 1.807) is 6.07 Å². The number of alkyl halides is 2. The number of hydrogen-bond donors (Lipinski definition) is 0. The Labute approximate surface area is 237 Å². The van der Waals surface area contributed by atoms with E-state index in [0.29, 0.717) is 35.7 Å². The second kappa shape index (κ2) is 11.4. The highest BCUT2D eigenvalue weighted by atomic mass is 19.3. The summed E-state index contributed by atoms with van der Waals surface area (Å²) < 4.78 is 121. The Bertz CT molecular complexity index is 1590. The van der Waals surface area contributed by atoms with Crippen molar-refractivity contribution in [3.8, 4) is 28.0 Å². The van der Waals surface area contributed by atoms with Crippen LogP contribution in [0.4, 0.5) is 35.1 Å². The van der Waals surface area contributed by atoms with Crippen molar-refractivity contribution in [1.82, 2.24) is 0 Å². The molecule has 0 radical (unpaired) electrons. The summed E-state index contributed by atoms with van der Waals surface area (Å²) in [5, 5.41) is 0. The smallest absolute Gasteiger partial charge is 0.429 e. The molecule has 1 aliphatic carbocycles. The van der Waals surface area contributed by atoms with Crippen molar-refractivity contribution in [2.45, 2.75) is 52.1 Å². The molecule has 1 unspecified atom stereocenters. The van der Waals surface area contributed by atoms with E-state index in [1.165, 1.54) is 5.56 Å². The molecule has 1 nitrogen and oxygen atoms in total. The third kappa shape index (κ3) is 5.74. The fourth-order valence-electron chi connectivity index (χ4n) is 5.48. The second-order valence-corrected chi connectivity index (χ2v) is 10.7. The number of halogens is 8. The van der Waals surface area contributed by atoms with Gasteiger partial charge in [-0.1, -0.05) is 38.0 Å². The van der Waals surface area contributed by atoms with Crippen LogP contribution in [0.3, 0.4) is 0 Å². The van der Waals surface area contributed by atoms with E-state index in [2.05, 4.69) is 11.7 Å². The normalized spacial score (nSPS) is 14.8. The second-order valence-electron chi connectivity index (χ2n) is 10.7. The van der Waals surface area contributed by atoms with Gasteiger partial charge in [0.2, 0.25) is 0 Å². The molecule has 0 spiro atoms. The van der Waals surface area contributed by atoms with Crippen molar-refractivity contribution >= 4 is 0 Å². The molecule has 0 saturated heterocycles. The highest BCUT2D eigenvalue weighted by Crippen LogP contribution is 2.40. The zero-order chi connectivity index (χ0) is 30.3. The maximum atomic E-state index is 15.2. The van der Waals surface area contributed by atoms with Crippen molar-refractivity contribution < 1.29 is 39.9 Å². The molecule has 0 amide bonds. The summed E-state index contributed by atoms with van der Waals surface area (Å²) in [7, 11) is 0. The number of ether oxygens (including phenoxy) is 1. The minimum atomic E-state index is -4.72. The standard InChI is InChI=1S/C33H26F8O/c1-3-4-5-18-8-19-6-7-20(10-21(19)9-18)22-11-27(36)31(28(37)12-22)23-13-29(38)32(30(39)14-23)33(40,41)42-24-15-25(34)17(2)26(35)16-24/h6-7,10-16,18H,3-5,8-9H2,1-2H3. The first-order valence-corrected chi connectivity index (χ1v) is 13.5. The average molecular weight is 591 g/mol. The number of unbranched alkanes of at least 4 members (excludes halogenated alkanes) is 1. The van der Waals surface area contributed by atoms with Gasteiger partial charge in [0.25, 0.3) is 0 Å². The van der Waals surface area contributed by atoms with Crippen LogP contribution >= 0.6 is 0 Å². The summed E-state index contributed by atoms with van der Waals surface area (Å²) in [5.74, 6) is -8.94. The quantitative estimate of drug-likeness (QED) is 0.186. The molecule has 0 bridgehead atoms. The zero-order valence-corrected chi connectivity index (χ0v) is 22.7. The lowest BCUT2D eigenvalue weighted by Crippen LogP contribution is -2.25. The monoisotopic (exact) mass is 590 g/mol. The SMILES string of the molecule is CCCCC1Cc2ccc(-c3cc(F)c(-c4cc(F)c(C(F)(F)Oc5cc(F)c(C)c(F)c5)c(F)c4)c(F)c3)cc2C1. The van der Waals surface area contributed by atoms with Crippen LogP contribution in [0.25, 0.3) is 22.3 Å². The molecule has 4 aromatic carbocycles. The van der Waals surface area contributed by atoms with Crippen LogP contribution < -0.4 is 4.74 Å². The molecule has 4 aromatic rings. The van der Waals surface area contributed by atoms with Gasteiger partial charge in [-0.15, -0.1) is 0 Å². The topological polar surface area (TPSA) is 9.23 Å². The Morgan fingerprint density at radius 2 is 1.26 bits per heavy atom. The summed E-state index contributed by atoms with van der Waals surface area (Å²) in [5.41, 5.74) is -0.733. The van der Waals surface area contributed by atoms with Crippen molar-refractivity contribution in [2.75, 3.05) is 0 Å². The highest BCUT2D eigenvalue weighted by Gasteiger charge is 2.41. The zero-order valence-electron chi connectivity index (χ0n) is 22.7. The van der Waals surface area contributed by atoms with Gasteiger partial charge < -0.3 is 4.74 Å². The molecule has 0 saturated carbocycles. The van der Waals surface area contributed by atoms with E-state index in [1.807, 2.05) is 12.1 Å². The predicted octanol–water partition coefficient (Wildman–Crippen LogP) is 10.2. The molecule has 42 heavy (non-hydrogen) atoms. The number of benzene rings is 4. The van der Waals surface area contributed by atoms with Gasteiger partial charge in [0, 0.05) is 17.7 Å². The molecule has 5 rings (SSSR count). The van der Waals surface area contributed by atoms with Crippen molar-refractivity contribution in [3.05, 3.63) is 112 Å². The molecule has 1 aliphatic rings. The van der Waals surface area contributed by atoms with Gasteiger partial charge in [0.15, 0.2) is 0 Å². The van der Waals surface area contributed by atoms with Crippen LogP contribution in [0, 0.1) is 47.7 Å². The Morgan fingerprint density at radius 1 is 0.690 bits per heavy atom. The first-order valence-electron chi connectivity index (χ1n) is 13.5. The lowest BCUT2D eigenvalue weighted by Gasteiger charge is -2.20. The molecule has 0 N–H and O–H groups in total. The first-order chi connectivity index (χ1) is 19.9. The molecule has 220 valence electrons. The fraction of sp³-hybridized carbons (Fsp3) is 0.273. The number of hydrogen-bond acceptors (Lipinski definition) is 1. The Kier molecular flexibility index (Phi) is 8.05. The molecule has 0 heterocycles. The number of rotatable bonds is 8. The third-order valence-electron chi connectivity index (χ3n) is 7.69. The molecular weight excluding hydrogens is 564 g/mol. The van der Waals surface area contributed by atoms with Crippen LogP contribution in [-0.4, -0.2) is 0 Å². The summed E-state index contributed by atoms with van der Waals surface area (Å²) in [4.78, 5) is 0. The highest BCUT2D eigenvalue weighted by molar-refractivity contribution is 5.73. The summed E-state index contributed by atoms with van der Waals surface area (Å²) in [6.07, 6.45) is 0.442. The molecule has 1 atom stereocenters. The van der Waals surface area contributed by atoms with Crippen molar-refractivity contribution in [2.24, 2.45) is 5.92 Å². The van der Waals surface area contributed by atoms with Crippen molar-refractivity contribution in [3.63, 3.8) is 0 Å². The van der Waals surface area contributed by atoms with Gasteiger partial charge >= 0.3 is 6.11 Å². The first kappa shape index (κ1) is 29.6. The summed E-state index contributed by atoms with van der Waals surface area (Å²) >= 11 is 0. The van der Waals surface area contributed by atoms with E-state index in [0.717, 1.165) is 56.7 Å². The average Bonchev–Trinajstić information content (AvgIpc) is 3.31. The van der Waals surface area contributed by atoms with Crippen LogP contribution in [0.15, 0.2) is 54.6 Å². The molecule has 9 heteroatoms. The minimum absolute atomic E-state index is 0.212. The van der Waals surface area contributed by atoms with Crippen LogP contribution in [-0.2, 0) is 19.0 Å². The van der Waals surface area contributed by atoms with Gasteiger partial charge in [-0.05, 0) is 84.2 Å². The van der Waals surface area contributed by atoms with Gasteiger partial charge in [0.05, 0.1) is 5.56 Å². The maximum Gasteiger partial charge on any atom is 0.432 e. The molecular formula is C33H26F8O. The third-order valence-corrected chi connectivity index (χ3v) is 7.69. The maximum absolute atomic E-state index is 15.2. The van der Waals surface area contributed by atoms with Crippen LogP contribution in [0.1, 0.15) is 48.4 Å². The Hall–Kier alpha value is -3.88. The molecule has 0 aromatic heterocycles. The van der Waals surface area contributed by atoms with E-state index in [9.17, 15) is 26.3 Å². The van der Waals surface area contributed by atoms with Crippen molar-refractivity contribution in [1.29, 1.82) is 0 Å².